The second kappa shape index (κ2) is 7.64. The maximum Gasteiger partial charge on any atom is 0.355 e. The summed E-state index contributed by atoms with van der Waals surface area (Å²) >= 11 is 6.08. The number of aromatic nitrogens is 2. The molecule has 0 aliphatic carbocycles. The van der Waals surface area contributed by atoms with Crippen molar-refractivity contribution in [1.29, 1.82) is 0 Å². The summed E-state index contributed by atoms with van der Waals surface area (Å²) in [6, 6.07) is 8.12. The molecule has 0 atom stereocenters. The van der Waals surface area contributed by atoms with Gasteiger partial charge in [-0.2, -0.15) is 0 Å². The number of nitrogens with zero attached hydrogens (tertiary/aromatic N) is 2. The minimum absolute atomic E-state index is 0.0747. The Labute approximate surface area is 142 Å². The normalized spacial score (nSPS) is 11.2. The molecule has 0 amide bonds. The van der Waals surface area contributed by atoms with Crippen LogP contribution < -0.4 is 0 Å². The number of aryl methyl sites for hydroxylation is 1. The highest BCUT2D eigenvalue weighted by molar-refractivity contribution is 6.32. The van der Waals surface area contributed by atoms with Gasteiger partial charge in [0.2, 0.25) is 0 Å². The van der Waals surface area contributed by atoms with Gasteiger partial charge in [0.1, 0.15) is 5.82 Å². The lowest BCUT2D eigenvalue weighted by Crippen LogP contribution is -2.14. The largest absolute Gasteiger partial charge is 0.476 e. The first-order valence-electron chi connectivity index (χ1n) is 8.01. The van der Waals surface area contributed by atoms with E-state index >= 15 is 0 Å². The van der Waals surface area contributed by atoms with Crippen molar-refractivity contribution in [2.24, 2.45) is 0 Å². The molecule has 0 saturated heterocycles. The Kier molecular flexibility index (Phi) is 5.83. The number of unbranched alkanes of at least 4 members (excludes halogenated alkanes) is 1. The quantitative estimate of drug-likeness (QED) is 0.795. The van der Waals surface area contributed by atoms with Crippen molar-refractivity contribution >= 4 is 17.6 Å². The average molecular weight is 335 g/mol. The van der Waals surface area contributed by atoms with Crippen molar-refractivity contribution < 1.29 is 9.90 Å². The van der Waals surface area contributed by atoms with Crippen LogP contribution in [0.2, 0.25) is 5.15 Å². The molecule has 2 rings (SSSR count). The molecule has 4 nitrogen and oxygen atoms in total. The SMILES string of the molecule is CCCCc1nc(Cl)c(C(=O)O)n1Cc1ccccc1C(C)C. The van der Waals surface area contributed by atoms with E-state index < -0.39 is 5.97 Å². The lowest BCUT2D eigenvalue weighted by atomic mass is 9.97. The van der Waals surface area contributed by atoms with Gasteiger partial charge >= 0.3 is 5.97 Å². The summed E-state index contributed by atoms with van der Waals surface area (Å²) in [4.78, 5) is 15.9. The maximum atomic E-state index is 11.6. The summed E-state index contributed by atoms with van der Waals surface area (Å²) in [7, 11) is 0. The van der Waals surface area contributed by atoms with Gasteiger partial charge in [-0.05, 0) is 23.5 Å². The second-order valence-corrected chi connectivity index (χ2v) is 6.37. The molecule has 0 saturated carbocycles. The third kappa shape index (κ3) is 3.94. The van der Waals surface area contributed by atoms with E-state index in [1.54, 1.807) is 4.57 Å². The molecule has 0 aliphatic rings. The molecule has 1 aromatic heterocycles. The lowest BCUT2D eigenvalue weighted by molar-refractivity contribution is 0.0685. The summed E-state index contributed by atoms with van der Waals surface area (Å²) < 4.78 is 1.75. The van der Waals surface area contributed by atoms with Crippen LogP contribution in [0.15, 0.2) is 24.3 Å². The van der Waals surface area contributed by atoms with Gasteiger partial charge in [0, 0.05) is 13.0 Å². The highest BCUT2D eigenvalue weighted by Gasteiger charge is 2.22. The number of imidazole rings is 1. The maximum absolute atomic E-state index is 11.6. The fraction of sp³-hybridized carbons (Fsp3) is 0.444. The van der Waals surface area contributed by atoms with Crippen LogP contribution in [-0.4, -0.2) is 20.6 Å². The molecule has 1 heterocycles. The van der Waals surface area contributed by atoms with Crippen LogP contribution in [0.25, 0.3) is 0 Å². The number of benzene rings is 1. The molecular formula is C18H23ClN2O2. The molecule has 2 aromatic rings. The first-order chi connectivity index (χ1) is 11.0. The van der Waals surface area contributed by atoms with Gasteiger partial charge in [-0.1, -0.05) is 63.1 Å². The van der Waals surface area contributed by atoms with E-state index in [1.807, 2.05) is 18.2 Å². The Morgan fingerprint density at radius 3 is 2.65 bits per heavy atom. The zero-order valence-corrected chi connectivity index (χ0v) is 14.6. The highest BCUT2D eigenvalue weighted by atomic mass is 35.5. The van der Waals surface area contributed by atoms with Gasteiger partial charge in [0.05, 0.1) is 0 Å². The lowest BCUT2D eigenvalue weighted by Gasteiger charge is -2.15. The molecule has 0 unspecified atom stereocenters. The summed E-state index contributed by atoms with van der Waals surface area (Å²) in [6.45, 7) is 6.85. The molecular weight excluding hydrogens is 312 g/mol. The van der Waals surface area contributed by atoms with Gasteiger partial charge in [-0.15, -0.1) is 0 Å². The molecule has 0 aliphatic heterocycles. The highest BCUT2D eigenvalue weighted by Crippen LogP contribution is 2.24. The molecule has 5 heteroatoms. The van der Waals surface area contributed by atoms with Crippen molar-refractivity contribution in [2.45, 2.75) is 52.5 Å². The van der Waals surface area contributed by atoms with E-state index in [-0.39, 0.29) is 10.8 Å². The third-order valence-electron chi connectivity index (χ3n) is 3.97. The number of hydrogen-bond donors (Lipinski definition) is 1. The monoisotopic (exact) mass is 334 g/mol. The van der Waals surface area contributed by atoms with Crippen molar-refractivity contribution in [3.63, 3.8) is 0 Å². The van der Waals surface area contributed by atoms with Crippen LogP contribution in [0.4, 0.5) is 0 Å². The molecule has 1 N–H and O–H groups in total. The average Bonchev–Trinajstić information content (AvgIpc) is 2.81. The van der Waals surface area contributed by atoms with Crippen LogP contribution in [0, 0.1) is 0 Å². The van der Waals surface area contributed by atoms with Crippen molar-refractivity contribution in [3.05, 3.63) is 52.1 Å². The van der Waals surface area contributed by atoms with E-state index in [1.165, 1.54) is 5.56 Å². The van der Waals surface area contributed by atoms with E-state index in [0.717, 1.165) is 30.7 Å². The fourth-order valence-corrected chi connectivity index (χ4v) is 3.06. The first kappa shape index (κ1) is 17.5. The minimum Gasteiger partial charge on any atom is -0.476 e. The van der Waals surface area contributed by atoms with Gasteiger partial charge < -0.3 is 9.67 Å². The molecule has 0 radical (unpaired) electrons. The van der Waals surface area contributed by atoms with Gasteiger partial charge in [-0.3, -0.25) is 0 Å². The number of hydrogen-bond acceptors (Lipinski definition) is 2. The molecule has 0 bridgehead atoms. The number of carbonyl (C=O) groups is 1. The van der Waals surface area contributed by atoms with Crippen molar-refractivity contribution in [3.8, 4) is 0 Å². The number of carboxylic acid groups (broad SMARTS) is 1. The number of carboxylic acids is 1. The topological polar surface area (TPSA) is 55.1 Å². The molecule has 0 fully saturated rings. The molecule has 124 valence electrons. The Hall–Kier alpha value is -1.81. The van der Waals surface area contributed by atoms with Gasteiger partial charge in [0.15, 0.2) is 10.8 Å². The van der Waals surface area contributed by atoms with Crippen LogP contribution >= 0.6 is 11.6 Å². The number of rotatable bonds is 7. The predicted molar refractivity (Wildman–Crippen MR) is 92.4 cm³/mol. The van der Waals surface area contributed by atoms with E-state index in [2.05, 4.69) is 31.8 Å². The van der Waals surface area contributed by atoms with Crippen molar-refractivity contribution in [1.82, 2.24) is 9.55 Å². The Morgan fingerprint density at radius 1 is 1.35 bits per heavy atom. The number of aromatic carboxylic acids is 1. The summed E-state index contributed by atoms with van der Waals surface area (Å²) in [6.07, 6.45) is 2.71. The van der Waals surface area contributed by atoms with Crippen LogP contribution in [0.3, 0.4) is 0 Å². The van der Waals surface area contributed by atoms with E-state index in [0.29, 0.717) is 12.5 Å². The standard InChI is InChI=1S/C18H23ClN2O2/c1-4-5-10-15-20-17(19)16(18(22)23)21(15)11-13-8-6-7-9-14(13)12(2)3/h6-9,12H,4-5,10-11H2,1-3H3,(H,22,23). The molecule has 1 aromatic carbocycles. The summed E-state index contributed by atoms with van der Waals surface area (Å²) in [5.41, 5.74) is 2.41. The minimum atomic E-state index is -1.03. The predicted octanol–water partition coefficient (Wildman–Crippen LogP) is 4.75. The van der Waals surface area contributed by atoms with Crippen LogP contribution in [0.5, 0.6) is 0 Å². The van der Waals surface area contributed by atoms with E-state index in [9.17, 15) is 9.90 Å². The van der Waals surface area contributed by atoms with Crippen molar-refractivity contribution in [2.75, 3.05) is 0 Å². The Bertz CT molecular complexity index is 692. The zero-order valence-electron chi connectivity index (χ0n) is 13.8. The summed E-state index contributed by atoms with van der Waals surface area (Å²) in [5.74, 6) is 0.0812. The van der Waals surface area contributed by atoms with Gasteiger partial charge in [-0.25, -0.2) is 9.78 Å². The Balaban J connectivity index is 2.47. The number of halogens is 1. The third-order valence-corrected chi connectivity index (χ3v) is 4.23. The Morgan fingerprint density at radius 2 is 2.04 bits per heavy atom. The van der Waals surface area contributed by atoms with Crippen LogP contribution in [0.1, 0.15) is 67.0 Å². The molecule has 23 heavy (non-hydrogen) atoms. The smallest absolute Gasteiger partial charge is 0.355 e. The molecule has 0 spiro atoms. The first-order valence-corrected chi connectivity index (χ1v) is 8.39. The second-order valence-electron chi connectivity index (χ2n) is 6.02. The zero-order chi connectivity index (χ0) is 17.0. The van der Waals surface area contributed by atoms with Gasteiger partial charge in [0.25, 0.3) is 0 Å². The summed E-state index contributed by atoms with van der Waals surface area (Å²) in [5, 5.41) is 9.57. The van der Waals surface area contributed by atoms with Crippen LogP contribution in [-0.2, 0) is 13.0 Å². The fourth-order valence-electron chi connectivity index (χ4n) is 2.78. The van der Waals surface area contributed by atoms with E-state index in [4.69, 9.17) is 11.6 Å².